The van der Waals surface area contributed by atoms with E-state index in [0.29, 0.717) is 5.95 Å². The summed E-state index contributed by atoms with van der Waals surface area (Å²) in [5, 5.41) is 0. The highest BCUT2D eigenvalue weighted by Gasteiger charge is 2.23. The van der Waals surface area contributed by atoms with Crippen LogP contribution in [0.25, 0.3) is 0 Å². The van der Waals surface area contributed by atoms with Crippen LogP contribution in [0.5, 0.6) is 0 Å². The second-order valence-electron chi connectivity index (χ2n) is 12.2. The summed E-state index contributed by atoms with van der Waals surface area (Å²) in [6.07, 6.45) is 23.0. The zero-order chi connectivity index (χ0) is 32.0. The molecule has 3 aromatic heterocycles. The van der Waals surface area contributed by atoms with E-state index in [4.69, 9.17) is 24.9 Å². The Labute approximate surface area is 274 Å². The van der Waals surface area contributed by atoms with E-state index in [9.17, 15) is 0 Å². The van der Waals surface area contributed by atoms with Gasteiger partial charge in [0.2, 0.25) is 17.8 Å². The normalized spacial score (nSPS) is 11.1. The van der Waals surface area contributed by atoms with Gasteiger partial charge in [-0.3, -0.25) is 0 Å². The Kier molecular flexibility index (Phi) is 17.9. The number of anilines is 5. The summed E-state index contributed by atoms with van der Waals surface area (Å²) in [5.41, 5.74) is 0. The summed E-state index contributed by atoms with van der Waals surface area (Å²) in [7, 11) is 0. The van der Waals surface area contributed by atoms with Gasteiger partial charge in [-0.1, -0.05) is 117 Å². The molecule has 8 heteroatoms. The van der Waals surface area contributed by atoms with Crippen LogP contribution < -0.4 is 14.7 Å². The molecule has 0 aromatic carbocycles. The van der Waals surface area contributed by atoms with Crippen LogP contribution in [0.1, 0.15) is 130 Å². The number of nitrogens with zero attached hydrogens (tertiary/aromatic N) is 8. The first-order valence-corrected chi connectivity index (χ1v) is 18.1. The molecule has 0 aliphatic rings. The summed E-state index contributed by atoms with van der Waals surface area (Å²) < 4.78 is 0. The van der Waals surface area contributed by atoms with Gasteiger partial charge in [-0.15, -0.1) is 0 Å². The molecule has 0 bridgehead atoms. The van der Waals surface area contributed by atoms with Gasteiger partial charge in [0.1, 0.15) is 11.6 Å². The van der Waals surface area contributed by atoms with Crippen LogP contribution in [0.4, 0.5) is 29.5 Å². The van der Waals surface area contributed by atoms with Crippen LogP contribution in [0.15, 0.2) is 48.8 Å². The zero-order valence-electron chi connectivity index (χ0n) is 28.8. The minimum atomic E-state index is 0.576. The fourth-order valence-corrected chi connectivity index (χ4v) is 5.56. The number of pyridine rings is 2. The molecule has 3 rings (SSSR count). The zero-order valence-corrected chi connectivity index (χ0v) is 28.8. The molecule has 0 aliphatic heterocycles. The van der Waals surface area contributed by atoms with Gasteiger partial charge in [0.15, 0.2) is 0 Å². The Morgan fingerprint density at radius 2 is 0.778 bits per heavy atom. The van der Waals surface area contributed by atoms with Crippen LogP contribution in [-0.2, 0) is 0 Å². The van der Waals surface area contributed by atoms with Gasteiger partial charge in [0.05, 0.1) is 0 Å². The van der Waals surface area contributed by atoms with E-state index in [2.05, 4.69) is 37.5 Å². The third-order valence-electron chi connectivity index (χ3n) is 8.25. The van der Waals surface area contributed by atoms with E-state index < -0.39 is 0 Å². The van der Waals surface area contributed by atoms with E-state index in [1.807, 2.05) is 53.7 Å². The number of rotatable bonds is 25. The molecule has 8 nitrogen and oxygen atoms in total. The molecular formula is C37H60N8. The molecule has 0 N–H and O–H groups in total. The van der Waals surface area contributed by atoms with Crippen LogP contribution >= 0.6 is 0 Å². The third kappa shape index (κ3) is 12.9. The fraction of sp³-hybridized carbons (Fsp3) is 0.649. The molecule has 0 aliphatic carbocycles. The van der Waals surface area contributed by atoms with Crippen molar-refractivity contribution < 1.29 is 0 Å². The number of hydrogen-bond acceptors (Lipinski definition) is 8. The number of unbranched alkanes of at least 4 members (excludes halogenated alkanes) is 12. The Bertz CT molecular complexity index is 1030. The number of hydrogen-bond donors (Lipinski definition) is 0. The van der Waals surface area contributed by atoms with Gasteiger partial charge in [0, 0.05) is 38.6 Å². The van der Waals surface area contributed by atoms with Crippen LogP contribution in [0, 0.1) is 0 Å². The highest BCUT2D eigenvalue weighted by Crippen LogP contribution is 2.31. The molecule has 0 radical (unpaired) electrons. The maximum atomic E-state index is 5.26. The van der Waals surface area contributed by atoms with Gasteiger partial charge >= 0.3 is 0 Å². The molecule has 0 unspecified atom stereocenters. The first kappa shape index (κ1) is 36.2. The van der Waals surface area contributed by atoms with Crippen molar-refractivity contribution in [1.82, 2.24) is 24.9 Å². The predicted octanol–water partition coefficient (Wildman–Crippen LogP) is 10.1. The Morgan fingerprint density at radius 3 is 1.09 bits per heavy atom. The lowest BCUT2D eigenvalue weighted by atomic mass is 10.1. The van der Waals surface area contributed by atoms with E-state index in [1.165, 1.54) is 77.0 Å². The summed E-state index contributed by atoms with van der Waals surface area (Å²) >= 11 is 0. The lowest BCUT2D eigenvalue weighted by Gasteiger charge is -2.29. The van der Waals surface area contributed by atoms with Gasteiger partial charge in [-0.05, 0) is 49.9 Å². The monoisotopic (exact) mass is 616 g/mol. The molecule has 0 saturated heterocycles. The minimum Gasteiger partial charge on any atom is -0.341 e. The lowest BCUT2D eigenvalue weighted by Crippen LogP contribution is -2.32. The fourth-order valence-electron chi connectivity index (χ4n) is 5.56. The predicted molar refractivity (Wildman–Crippen MR) is 191 cm³/mol. The molecule has 0 saturated carbocycles. The Balaban J connectivity index is 2.10. The molecule has 3 heterocycles. The molecular weight excluding hydrogens is 556 g/mol. The SMILES string of the molecule is CCCCCCN(CCCCCC)c1nc(N(CCCCCC)CCCCCC)nc(N(c2ccccn2)c2ccccn2)n1. The van der Waals surface area contributed by atoms with Crippen molar-refractivity contribution in [3.63, 3.8) is 0 Å². The quantitative estimate of drug-likeness (QED) is 0.0871. The molecule has 0 amide bonds. The van der Waals surface area contributed by atoms with Crippen LogP contribution in [0.3, 0.4) is 0 Å². The standard InChI is InChI=1S/C37H60N8/c1-5-9-13-21-29-43(30-22-14-10-6-2)35-40-36(44(31-23-15-11-7-3)32-24-16-12-8-4)42-37(41-35)45(33-25-17-19-27-38-33)34-26-18-20-28-39-34/h17-20,25-28H,5-16,21-24,29-32H2,1-4H3. The Hall–Kier alpha value is -3.29. The maximum Gasteiger partial charge on any atom is 0.243 e. The van der Waals surface area contributed by atoms with Crippen molar-refractivity contribution in [2.24, 2.45) is 0 Å². The molecule has 248 valence electrons. The van der Waals surface area contributed by atoms with Crippen LogP contribution in [0.2, 0.25) is 0 Å². The van der Waals surface area contributed by atoms with Crippen molar-refractivity contribution in [3.8, 4) is 0 Å². The van der Waals surface area contributed by atoms with Gasteiger partial charge in [-0.2, -0.15) is 15.0 Å². The average Bonchev–Trinajstić information content (AvgIpc) is 3.08. The van der Waals surface area contributed by atoms with Gasteiger partial charge in [0.25, 0.3) is 0 Å². The van der Waals surface area contributed by atoms with E-state index in [0.717, 1.165) is 75.4 Å². The number of aromatic nitrogens is 5. The van der Waals surface area contributed by atoms with E-state index >= 15 is 0 Å². The topological polar surface area (TPSA) is 74.2 Å². The van der Waals surface area contributed by atoms with Crippen LogP contribution in [-0.4, -0.2) is 51.1 Å². The van der Waals surface area contributed by atoms with Crippen molar-refractivity contribution in [1.29, 1.82) is 0 Å². The summed E-state index contributed by atoms with van der Waals surface area (Å²) in [4.78, 5) is 31.9. The first-order valence-electron chi connectivity index (χ1n) is 18.1. The van der Waals surface area contributed by atoms with E-state index in [1.54, 1.807) is 0 Å². The second kappa shape index (κ2) is 22.3. The van der Waals surface area contributed by atoms with Crippen molar-refractivity contribution in [3.05, 3.63) is 48.8 Å². The van der Waals surface area contributed by atoms with Gasteiger partial charge < -0.3 is 9.80 Å². The average molecular weight is 617 g/mol. The lowest BCUT2D eigenvalue weighted by molar-refractivity contribution is 0.591. The summed E-state index contributed by atoms with van der Waals surface area (Å²) in [6, 6.07) is 11.9. The minimum absolute atomic E-state index is 0.576. The largest absolute Gasteiger partial charge is 0.341 e. The molecule has 0 atom stereocenters. The summed E-state index contributed by atoms with van der Waals surface area (Å²) in [6.45, 7) is 12.9. The van der Waals surface area contributed by atoms with Crippen molar-refractivity contribution in [2.75, 3.05) is 40.9 Å². The summed E-state index contributed by atoms with van der Waals surface area (Å²) in [5.74, 6) is 3.61. The van der Waals surface area contributed by atoms with E-state index in [-0.39, 0.29) is 0 Å². The molecule has 0 spiro atoms. The van der Waals surface area contributed by atoms with Crippen molar-refractivity contribution >= 4 is 29.5 Å². The molecule has 3 aromatic rings. The molecule has 45 heavy (non-hydrogen) atoms. The smallest absolute Gasteiger partial charge is 0.243 e. The first-order chi connectivity index (χ1) is 22.2. The molecule has 0 fully saturated rings. The third-order valence-corrected chi connectivity index (χ3v) is 8.25. The Morgan fingerprint density at radius 1 is 0.422 bits per heavy atom. The highest BCUT2D eigenvalue weighted by atomic mass is 15.4. The highest BCUT2D eigenvalue weighted by molar-refractivity contribution is 5.68. The van der Waals surface area contributed by atoms with Crippen molar-refractivity contribution in [2.45, 2.75) is 130 Å². The van der Waals surface area contributed by atoms with Gasteiger partial charge in [-0.25, -0.2) is 14.9 Å². The second-order valence-corrected chi connectivity index (χ2v) is 12.2. The maximum absolute atomic E-state index is 5.26.